The number of ketones is 2. The van der Waals surface area contributed by atoms with E-state index < -0.39 is 27.6 Å². The van der Waals surface area contributed by atoms with Crippen LogP contribution in [0.25, 0.3) is 17.4 Å². The SMILES string of the molecule is COCCOCCOCC[N+](CCOCCOCCOC)=c1ccc2c(/C=C/C=C3/N(CCCCCC(=O)OC4C(=O)CCC4=O)c4ccc(S(=O)(=O)[O-])cc4C3(C)C)cc(C(C)(C)C)oc-2c1.[Na+]. The van der Waals surface area contributed by atoms with E-state index in [4.69, 9.17) is 37.6 Å². The van der Waals surface area contributed by atoms with Gasteiger partial charge in [-0.1, -0.05) is 53.2 Å². The molecule has 1 fully saturated rings. The summed E-state index contributed by atoms with van der Waals surface area (Å²) in [6.45, 7) is 16.9. The summed E-state index contributed by atoms with van der Waals surface area (Å²) in [4.78, 5) is 38.2. The van der Waals surface area contributed by atoms with Crippen molar-refractivity contribution >= 4 is 39.4 Å². The third-order valence-electron chi connectivity index (χ3n) is 11.9. The minimum Gasteiger partial charge on any atom is -0.744 e. The molecule has 0 amide bonds. The van der Waals surface area contributed by atoms with E-state index in [2.05, 4.69) is 54.5 Å². The zero-order valence-electron chi connectivity index (χ0n) is 41.8. The minimum absolute atomic E-state index is 0. The number of benzene rings is 2. The van der Waals surface area contributed by atoms with Crippen LogP contribution in [0.2, 0.25) is 0 Å². The summed E-state index contributed by atoms with van der Waals surface area (Å²) in [6.07, 6.45) is 6.84. The number of allylic oxidation sites excluding steroid dienone is 3. The van der Waals surface area contributed by atoms with Crippen LogP contribution in [0.15, 0.2) is 69.6 Å². The molecule has 4 aliphatic rings. The third kappa shape index (κ3) is 17.0. The number of nitrogens with zero attached hydrogens (tertiary/aromatic N) is 2. The fourth-order valence-corrected chi connectivity index (χ4v) is 8.57. The fraction of sp³-hybridized carbons (Fsp3) is 0.569. The summed E-state index contributed by atoms with van der Waals surface area (Å²) in [5.41, 5.74) is 3.23. The van der Waals surface area contributed by atoms with E-state index in [0.29, 0.717) is 116 Å². The summed E-state index contributed by atoms with van der Waals surface area (Å²) < 4.78 is 83.6. The van der Waals surface area contributed by atoms with Gasteiger partial charge in [0.15, 0.2) is 24.7 Å². The van der Waals surface area contributed by atoms with Gasteiger partial charge in [0.25, 0.3) is 0 Å². The van der Waals surface area contributed by atoms with Crippen molar-refractivity contribution in [1.82, 2.24) is 4.58 Å². The maximum atomic E-state index is 12.5. The Morgan fingerprint density at radius 2 is 1.42 bits per heavy atom. The summed E-state index contributed by atoms with van der Waals surface area (Å²) in [7, 11) is -1.43. The number of hydrogen-bond donors (Lipinski definition) is 0. The van der Waals surface area contributed by atoms with Crippen molar-refractivity contribution in [3.8, 4) is 11.3 Å². The van der Waals surface area contributed by atoms with Crippen molar-refractivity contribution in [1.29, 1.82) is 0 Å². The number of methoxy groups -OCH3 is 2. The molecule has 374 valence electrons. The number of hydrogen-bond acceptors (Lipinski definition) is 15. The molecule has 0 atom stereocenters. The molecule has 1 saturated carbocycles. The van der Waals surface area contributed by atoms with E-state index in [9.17, 15) is 27.4 Å². The predicted molar refractivity (Wildman–Crippen MR) is 256 cm³/mol. The molecular weight excluding hydrogens is 920 g/mol. The van der Waals surface area contributed by atoms with Crippen LogP contribution in [0.4, 0.5) is 5.69 Å². The average Bonchev–Trinajstić information content (AvgIpc) is 3.71. The number of carbonyl (C=O) groups excluding carboxylic acids is 3. The van der Waals surface area contributed by atoms with Crippen LogP contribution in [0.1, 0.15) is 90.0 Å². The second-order valence-electron chi connectivity index (χ2n) is 18.4. The van der Waals surface area contributed by atoms with Crippen molar-refractivity contribution in [2.75, 3.05) is 105 Å². The monoisotopic (exact) mass is 989 g/mol. The Hall–Kier alpha value is -3.59. The van der Waals surface area contributed by atoms with E-state index in [1.807, 2.05) is 32.1 Å². The first-order valence-electron chi connectivity index (χ1n) is 23.4. The molecule has 0 spiro atoms. The van der Waals surface area contributed by atoms with Gasteiger partial charge in [0.2, 0.25) is 11.5 Å². The number of esters is 1. The zero-order valence-corrected chi connectivity index (χ0v) is 44.6. The number of carbonyl (C=O) groups is 3. The van der Waals surface area contributed by atoms with Gasteiger partial charge in [-0.05, 0) is 60.4 Å². The molecule has 1 aromatic rings. The van der Waals surface area contributed by atoms with Gasteiger partial charge < -0.3 is 47.0 Å². The van der Waals surface area contributed by atoms with Gasteiger partial charge in [-0.15, -0.1) is 0 Å². The Balaban J connectivity index is 0.0000104. The molecule has 1 aromatic carbocycles. The van der Waals surface area contributed by atoms with E-state index in [-0.39, 0.29) is 70.7 Å². The number of unbranched alkanes of at least 4 members (excludes halogenated alkanes) is 2. The van der Waals surface area contributed by atoms with Gasteiger partial charge in [-0.2, -0.15) is 0 Å². The van der Waals surface area contributed by atoms with Gasteiger partial charge in [0.1, 0.15) is 34.9 Å². The summed E-state index contributed by atoms with van der Waals surface area (Å²) in [5, 5.41) is 0.945. The van der Waals surface area contributed by atoms with Crippen LogP contribution < -0.4 is 44.4 Å². The molecule has 2 heterocycles. The molecule has 69 heavy (non-hydrogen) atoms. The van der Waals surface area contributed by atoms with Gasteiger partial charge in [-0.3, -0.25) is 14.4 Å². The first kappa shape index (κ1) is 58.0. The number of Topliss-reactive ketones (excluding diaryl/α,β-unsaturated/α-hetero) is 2. The average molecular weight is 990 g/mol. The molecular formula is C51H70N2NaO14S+. The first-order chi connectivity index (χ1) is 32.4. The molecule has 16 nitrogen and oxygen atoms in total. The van der Waals surface area contributed by atoms with Crippen LogP contribution in [-0.4, -0.2) is 137 Å². The quantitative estimate of drug-likeness (QED) is 0.0258. The van der Waals surface area contributed by atoms with E-state index in [0.717, 1.165) is 33.6 Å². The summed E-state index contributed by atoms with van der Waals surface area (Å²) in [5.74, 6) is 0.214. The number of fused-ring (bicyclic) bond motifs is 2. The predicted octanol–water partition coefficient (Wildman–Crippen LogP) is 2.82. The zero-order chi connectivity index (χ0) is 49.3. The third-order valence-corrected chi connectivity index (χ3v) is 12.7. The molecule has 0 radical (unpaired) electrons. The van der Waals surface area contributed by atoms with E-state index in [1.54, 1.807) is 20.3 Å². The largest absolute Gasteiger partial charge is 1.00 e. The van der Waals surface area contributed by atoms with Crippen molar-refractivity contribution in [2.45, 2.75) is 95.0 Å². The van der Waals surface area contributed by atoms with Crippen molar-refractivity contribution < 1.29 is 94.5 Å². The summed E-state index contributed by atoms with van der Waals surface area (Å²) >= 11 is 0. The summed E-state index contributed by atoms with van der Waals surface area (Å²) in [6, 6.07) is 12.7. The van der Waals surface area contributed by atoms with Crippen LogP contribution >= 0.6 is 0 Å². The first-order valence-corrected chi connectivity index (χ1v) is 24.8. The molecule has 2 aliphatic carbocycles. The van der Waals surface area contributed by atoms with Gasteiger partial charge >= 0.3 is 35.5 Å². The van der Waals surface area contributed by atoms with Gasteiger partial charge in [0.05, 0.1) is 63.8 Å². The molecule has 5 rings (SSSR count). The van der Waals surface area contributed by atoms with E-state index in [1.165, 1.54) is 12.1 Å². The topological polar surface area (TPSA) is 192 Å². The minimum atomic E-state index is -4.71. The maximum absolute atomic E-state index is 12.5. The Morgan fingerprint density at radius 1 is 0.826 bits per heavy atom. The second kappa shape index (κ2) is 27.9. The normalized spacial score (nSPS) is 15.7. The molecule has 0 bridgehead atoms. The Labute approximate surface area is 429 Å². The Kier molecular flexibility index (Phi) is 23.4. The second-order valence-corrected chi connectivity index (χ2v) is 19.7. The number of anilines is 1. The fourth-order valence-electron chi connectivity index (χ4n) is 8.07. The number of rotatable bonds is 28. The number of ether oxygens (including phenoxy) is 7. The molecule has 2 aliphatic heterocycles. The van der Waals surface area contributed by atoms with Crippen LogP contribution in [0, 0.1) is 0 Å². The molecule has 18 heteroatoms. The van der Waals surface area contributed by atoms with Crippen LogP contribution in [-0.2, 0) is 68.5 Å². The van der Waals surface area contributed by atoms with E-state index >= 15 is 0 Å². The Morgan fingerprint density at radius 3 is 2.00 bits per heavy atom. The molecule has 0 N–H and O–H groups in total. The van der Waals surface area contributed by atoms with Gasteiger partial charge in [0, 0.05) is 73.9 Å². The van der Waals surface area contributed by atoms with Crippen molar-refractivity contribution in [3.63, 3.8) is 0 Å². The smallest absolute Gasteiger partial charge is 0.744 e. The van der Waals surface area contributed by atoms with Crippen molar-refractivity contribution in [3.05, 3.63) is 82.6 Å². The maximum Gasteiger partial charge on any atom is 1.00 e. The van der Waals surface area contributed by atoms with Gasteiger partial charge in [-0.25, -0.2) is 13.0 Å². The Bertz CT molecular complexity index is 2350. The van der Waals surface area contributed by atoms with Crippen molar-refractivity contribution in [2.24, 2.45) is 0 Å². The molecule has 0 unspecified atom stereocenters. The molecule has 0 aromatic heterocycles. The van der Waals surface area contributed by atoms with Crippen LogP contribution in [0.3, 0.4) is 0 Å². The standard InChI is InChI=1S/C51H70N2O14S.Na/c1-50(2,3)47-34-37(40-17-15-38(35-45(40)66-47)52(22-24-62-30-32-64-28-26-60-6)23-25-63-31-33-65-29-27-61-7)12-11-13-46-51(4,5)41-36-39(68(57,58)59)16-18-42(41)53(46)21-10-8-9-14-48(56)67-49-43(54)19-20-44(49)55;/h11-13,15-18,34-36,49H,8-10,14,19-33H2,1-7H3;/q;+1. The van der Waals surface area contributed by atoms with Crippen LogP contribution in [0.5, 0.6) is 0 Å². The molecule has 0 saturated heterocycles.